The highest BCUT2D eigenvalue weighted by Crippen LogP contribution is 2.42. The minimum atomic E-state index is -0.621. The number of hydrogen-bond donors (Lipinski definition) is 0. The number of hydrogen-bond acceptors (Lipinski definition) is 7. The average molecular weight is 448 g/mol. The van der Waals surface area contributed by atoms with Crippen molar-refractivity contribution in [2.45, 2.75) is 38.1 Å². The number of esters is 2. The van der Waals surface area contributed by atoms with Crippen LogP contribution in [0, 0.1) is 5.92 Å². The summed E-state index contributed by atoms with van der Waals surface area (Å²) < 4.78 is 27.9. The first-order valence-electron chi connectivity index (χ1n) is 10.8. The van der Waals surface area contributed by atoms with Gasteiger partial charge in [0.2, 0.25) is 6.79 Å². The molecule has 1 fully saturated rings. The summed E-state index contributed by atoms with van der Waals surface area (Å²) in [4.78, 5) is 25.0. The molecule has 5 rings (SSSR count). The van der Waals surface area contributed by atoms with E-state index in [0.717, 1.165) is 11.1 Å². The summed E-state index contributed by atoms with van der Waals surface area (Å²) in [6.45, 7) is 10.2. The normalized spacial score (nSPS) is 29.7. The van der Waals surface area contributed by atoms with Crippen molar-refractivity contribution in [2.75, 3.05) is 6.79 Å². The van der Waals surface area contributed by atoms with E-state index in [1.165, 1.54) is 6.08 Å². The maximum absolute atomic E-state index is 12.8. The van der Waals surface area contributed by atoms with Gasteiger partial charge in [0.05, 0.1) is 5.92 Å². The molecule has 1 aromatic rings. The molecule has 0 unspecified atom stereocenters. The number of carbonyl (C=O) groups excluding carboxylic acids is 2. The Kier molecular flexibility index (Phi) is 5.32. The van der Waals surface area contributed by atoms with Crippen LogP contribution in [-0.4, -0.2) is 37.0 Å². The lowest BCUT2D eigenvalue weighted by atomic mass is 9.85. The van der Waals surface area contributed by atoms with E-state index in [0.29, 0.717) is 41.2 Å². The van der Waals surface area contributed by atoms with Crippen molar-refractivity contribution in [3.8, 4) is 11.5 Å². The van der Waals surface area contributed by atoms with Gasteiger partial charge in [-0.2, -0.15) is 0 Å². The molecule has 0 saturated carbocycles. The summed E-state index contributed by atoms with van der Waals surface area (Å²) in [5.74, 6) is 0.557. The molecule has 33 heavy (non-hydrogen) atoms. The zero-order valence-corrected chi connectivity index (χ0v) is 18.2. The third-order valence-corrected chi connectivity index (χ3v) is 6.17. The van der Waals surface area contributed by atoms with Crippen LogP contribution in [0.15, 0.2) is 72.1 Å². The van der Waals surface area contributed by atoms with Crippen molar-refractivity contribution in [3.63, 3.8) is 0 Å². The molecule has 170 valence electrons. The molecule has 7 nitrogen and oxygen atoms in total. The molecule has 0 spiro atoms. The van der Waals surface area contributed by atoms with E-state index in [9.17, 15) is 9.59 Å². The average Bonchev–Trinajstić information content (AvgIpc) is 3.44. The second kappa shape index (κ2) is 8.31. The molecular formula is C26H24O7. The third-order valence-electron chi connectivity index (χ3n) is 6.17. The van der Waals surface area contributed by atoms with Gasteiger partial charge in [0, 0.05) is 24.5 Å². The lowest BCUT2D eigenvalue weighted by Crippen LogP contribution is -2.32. The molecule has 0 N–H and O–H groups in total. The molecule has 4 aliphatic rings. The quantitative estimate of drug-likeness (QED) is 0.393. The predicted octanol–water partition coefficient (Wildman–Crippen LogP) is 4.02. The standard InChI is InChI=1S/C26H24O7/c1-14-8-19-11-18(26(28)32-19)12-23-25(15(2)16(3)31-23)22(9-14)33-24(27)7-5-17-4-6-20-21(10-17)30-13-29-20/h4-7,9-11,19,22-23,25H,2-3,8,12-13H2,1H3/b7-5+,14-9+/t19-,22-,23+,25+/m1/s1. The summed E-state index contributed by atoms with van der Waals surface area (Å²) in [5, 5.41) is 0. The minimum Gasteiger partial charge on any atom is -0.490 e. The fraction of sp³-hybridized carbons (Fsp3) is 0.308. The Labute approximate surface area is 191 Å². The van der Waals surface area contributed by atoms with Crippen LogP contribution in [0.2, 0.25) is 0 Å². The topological polar surface area (TPSA) is 80.3 Å². The Bertz CT molecular complexity index is 1140. The molecule has 3 heterocycles. The lowest BCUT2D eigenvalue weighted by molar-refractivity contribution is -0.143. The first-order chi connectivity index (χ1) is 15.9. The molecule has 2 bridgehead atoms. The summed E-state index contributed by atoms with van der Waals surface area (Å²) in [5.41, 5.74) is 2.95. The second-order valence-electron chi connectivity index (χ2n) is 8.53. The summed E-state index contributed by atoms with van der Waals surface area (Å²) in [7, 11) is 0. The summed E-state index contributed by atoms with van der Waals surface area (Å²) in [6, 6.07) is 5.42. The predicted molar refractivity (Wildman–Crippen MR) is 119 cm³/mol. The van der Waals surface area contributed by atoms with Crippen molar-refractivity contribution in [3.05, 3.63) is 77.6 Å². The van der Waals surface area contributed by atoms with Gasteiger partial charge in [0.15, 0.2) is 11.5 Å². The number of allylic oxidation sites excluding steroid dienone is 1. The van der Waals surface area contributed by atoms with Gasteiger partial charge in [0.25, 0.3) is 0 Å². The van der Waals surface area contributed by atoms with Crippen molar-refractivity contribution in [1.82, 2.24) is 0 Å². The molecular weight excluding hydrogens is 424 g/mol. The first kappa shape index (κ1) is 21.1. The molecule has 7 heteroatoms. The highest BCUT2D eigenvalue weighted by molar-refractivity contribution is 5.91. The van der Waals surface area contributed by atoms with Crippen LogP contribution >= 0.6 is 0 Å². The molecule has 0 aromatic heterocycles. The second-order valence-corrected chi connectivity index (χ2v) is 8.53. The van der Waals surface area contributed by atoms with E-state index in [1.807, 2.05) is 25.1 Å². The fourth-order valence-electron chi connectivity index (χ4n) is 4.56. The van der Waals surface area contributed by atoms with Gasteiger partial charge in [-0.3, -0.25) is 0 Å². The number of benzene rings is 1. The van der Waals surface area contributed by atoms with Crippen LogP contribution in [-0.2, 0) is 23.8 Å². The van der Waals surface area contributed by atoms with Crippen molar-refractivity contribution in [2.24, 2.45) is 5.92 Å². The Hall–Kier alpha value is -3.74. The molecule has 4 atom stereocenters. The zero-order valence-electron chi connectivity index (χ0n) is 18.2. The molecule has 0 amide bonds. The van der Waals surface area contributed by atoms with E-state index in [4.69, 9.17) is 23.7 Å². The Morgan fingerprint density at radius 3 is 2.79 bits per heavy atom. The van der Waals surface area contributed by atoms with E-state index < -0.39 is 18.2 Å². The minimum absolute atomic E-state index is 0.187. The highest BCUT2D eigenvalue weighted by Gasteiger charge is 2.44. The molecule has 0 radical (unpaired) electrons. The molecule has 1 aliphatic carbocycles. The van der Waals surface area contributed by atoms with Crippen LogP contribution < -0.4 is 9.47 Å². The highest BCUT2D eigenvalue weighted by atomic mass is 16.7. The number of ether oxygens (including phenoxy) is 5. The monoisotopic (exact) mass is 448 g/mol. The fourth-order valence-corrected chi connectivity index (χ4v) is 4.56. The van der Waals surface area contributed by atoms with Gasteiger partial charge in [-0.05, 0) is 48.4 Å². The summed E-state index contributed by atoms with van der Waals surface area (Å²) in [6.07, 6.45) is 6.27. The number of rotatable bonds is 3. The molecule has 1 saturated heterocycles. The lowest BCUT2D eigenvalue weighted by Gasteiger charge is -2.26. The molecule has 1 aromatic carbocycles. The first-order valence-corrected chi connectivity index (χ1v) is 10.8. The van der Waals surface area contributed by atoms with Crippen LogP contribution in [0.4, 0.5) is 0 Å². The van der Waals surface area contributed by atoms with E-state index in [-0.39, 0.29) is 24.8 Å². The largest absolute Gasteiger partial charge is 0.490 e. The van der Waals surface area contributed by atoms with E-state index in [2.05, 4.69) is 13.2 Å². The van der Waals surface area contributed by atoms with Crippen LogP contribution in [0.25, 0.3) is 6.08 Å². The van der Waals surface area contributed by atoms with Crippen molar-refractivity contribution >= 4 is 18.0 Å². The molecule has 3 aliphatic heterocycles. The number of fused-ring (bicyclic) bond motifs is 3. The maximum atomic E-state index is 12.8. The summed E-state index contributed by atoms with van der Waals surface area (Å²) >= 11 is 0. The van der Waals surface area contributed by atoms with Gasteiger partial charge in [-0.1, -0.05) is 24.8 Å². The van der Waals surface area contributed by atoms with Crippen molar-refractivity contribution in [1.29, 1.82) is 0 Å². The van der Waals surface area contributed by atoms with Gasteiger partial charge in [0.1, 0.15) is 24.1 Å². The zero-order chi connectivity index (χ0) is 23.1. The van der Waals surface area contributed by atoms with Gasteiger partial charge < -0.3 is 23.7 Å². The Balaban J connectivity index is 1.38. The van der Waals surface area contributed by atoms with Crippen LogP contribution in [0.5, 0.6) is 11.5 Å². The van der Waals surface area contributed by atoms with Crippen LogP contribution in [0.3, 0.4) is 0 Å². The maximum Gasteiger partial charge on any atom is 0.334 e. The Morgan fingerprint density at radius 2 is 1.94 bits per heavy atom. The van der Waals surface area contributed by atoms with E-state index in [1.54, 1.807) is 18.2 Å². The van der Waals surface area contributed by atoms with Crippen molar-refractivity contribution < 1.29 is 33.3 Å². The van der Waals surface area contributed by atoms with Gasteiger partial charge in [-0.25, -0.2) is 9.59 Å². The Morgan fingerprint density at radius 1 is 1.12 bits per heavy atom. The van der Waals surface area contributed by atoms with Gasteiger partial charge >= 0.3 is 11.9 Å². The SMILES string of the molecule is C=C1O[C@H]2CC3=C[C@@H](C/C(C)=C/[C@@H](OC(=O)/C=C/c4ccc5c(c4)OCO5)[C@@H]2C1=C)OC3=O. The smallest absolute Gasteiger partial charge is 0.334 e. The number of carbonyl (C=O) groups is 2. The van der Waals surface area contributed by atoms with E-state index >= 15 is 0 Å². The van der Waals surface area contributed by atoms with Gasteiger partial charge in [-0.15, -0.1) is 0 Å². The van der Waals surface area contributed by atoms with Crippen LogP contribution in [0.1, 0.15) is 25.3 Å². The third kappa shape index (κ3) is 4.18.